The molecule has 7 heteroatoms. The highest BCUT2D eigenvalue weighted by molar-refractivity contribution is 5.53. The molecule has 1 aromatic rings. The minimum Gasteiger partial charge on any atom is -0.349 e. The molecule has 1 saturated carbocycles. The van der Waals surface area contributed by atoms with Gasteiger partial charge in [0.1, 0.15) is 5.82 Å². The highest BCUT2D eigenvalue weighted by Gasteiger charge is 2.57. The third-order valence-corrected chi connectivity index (χ3v) is 5.73. The smallest absolute Gasteiger partial charge is 0.209 e. The van der Waals surface area contributed by atoms with Crippen LogP contribution in [-0.2, 0) is 0 Å². The van der Waals surface area contributed by atoms with Gasteiger partial charge in [-0.2, -0.15) is 4.39 Å². The van der Waals surface area contributed by atoms with E-state index in [1.807, 2.05) is 0 Å². The summed E-state index contributed by atoms with van der Waals surface area (Å²) < 4.78 is 14.7. The van der Waals surface area contributed by atoms with Crippen molar-refractivity contribution in [1.82, 2.24) is 14.9 Å². The number of aryl methyl sites for hydroxylation is 1. The van der Waals surface area contributed by atoms with Gasteiger partial charge in [0.25, 0.3) is 0 Å². The summed E-state index contributed by atoms with van der Waals surface area (Å²) in [5.74, 6) is 6.03. The molecule has 2 aliphatic heterocycles. The number of anilines is 2. The van der Waals surface area contributed by atoms with Crippen LogP contribution in [0, 0.1) is 12.7 Å². The van der Waals surface area contributed by atoms with E-state index in [9.17, 15) is 4.39 Å². The fraction of sp³-hybridized carbons (Fsp3) is 0.750. The lowest BCUT2D eigenvalue weighted by Gasteiger charge is -2.38. The predicted octanol–water partition coefficient (Wildman–Crippen LogP) is 1.81. The van der Waals surface area contributed by atoms with E-state index in [4.69, 9.17) is 5.84 Å². The molecule has 1 aromatic heterocycles. The van der Waals surface area contributed by atoms with Gasteiger partial charge in [0.05, 0.1) is 0 Å². The van der Waals surface area contributed by atoms with Gasteiger partial charge in [-0.3, -0.25) is 4.90 Å². The third-order valence-electron chi connectivity index (χ3n) is 5.73. The second-order valence-electron chi connectivity index (χ2n) is 7.05. The number of hydrazine groups is 1. The zero-order valence-electron chi connectivity index (χ0n) is 13.7. The maximum absolute atomic E-state index is 14.7. The molecule has 0 bridgehead atoms. The molecule has 4 rings (SSSR count). The van der Waals surface area contributed by atoms with Crippen molar-refractivity contribution in [2.24, 2.45) is 5.84 Å². The van der Waals surface area contributed by atoms with Crippen LogP contribution in [0.1, 0.15) is 44.3 Å². The Hall–Kier alpha value is -1.47. The van der Waals surface area contributed by atoms with Crippen molar-refractivity contribution in [3.63, 3.8) is 0 Å². The first-order valence-corrected chi connectivity index (χ1v) is 8.68. The van der Waals surface area contributed by atoms with Gasteiger partial charge in [-0.05, 0) is 58.5 Å². The normalized spacial score (nSPS) is 26.7. The maximum atomic E-state index is 14.7. The Morgan fingerprint density at radius 3 is 2.57 bits per heavy atom. The van der Waals surface area contributed by atoms with Crippen molar-refractivity contribution in [3.05, 3.63) is 11.6 Å². The Bertz CT molecular complexity index is 596. The number of aromatic nitrogens is 2. The molecule has 1 aliphatic carbocycles. The van der Waals surface area contributed by atoms with E-state index in [0.717, 1.165) is 19.4 Å². The number of halogens is 1. The molecule has 6 nitrogen and oxygen atoms in total. The number of nitrogen functional groups attached to an aromatic ring is 1. The lowest BCUT2D eigenvalue weighted by Crippen LogP contribution is -2.51. The predicted molar refractivity (Wildman–Crippen MR) is 87.7 cm³/mol. The lowest BCUT2D eigenvalue weighted by atomic mass is 10.0. The van der Waals surface area contributed by atoms with Gasteiger partial charge in [-0.25, -0.2) is 15.8 Å². The Kier molecular flexibility index (Phi) is 3.65. The van der Waals surface area contributed by atoms with Crippen LogP contribution in [0.25, 0.3) is 0 Å². The number of rotatable bonds is 4. The maximum Gasteiger partial charge on any atom is 0.209 e. The average Bonchev–Trinajstić information content (AvgIpc) is 3.00. The zero-order chi connectivity index (χ0) is 16.0. The molecule has 126 valence electrons. The minimum atomic E-state index is -0.428. The van der Waals surface area contributed by atoms with E-state index in [0.29, 0.717) is 17.7 Å². The van der Waals surface area contributed by atoms with Crippen molar-refractivity contribution < 1.29 is 4.39 Å². The number of hydrogen-bond donors (Lipinski definition) is 2. The van der Waals surface area contributed by atoms with Crippen LogP contribution in [0.4, 0.5) is 16.0 Å². The van der Waals surface area contributed by atoms with Crippen LogP contribution in [0.15, 0.2) is 0 Å². The topological polar surface area (TPSA) is 70.3 Å². The molecule has 23 heavy (non-hydrogen) atoms. The Balaban J connectivity index is 1.67. The molecule has 0 aromatic carbocycles. The van der Waals surface area contributed by atoms with Crippen LogP contribution >= 0.6 is 0 Å². The number of nitrogens with two attached hydrogens (primary N) is 1. The number of likely N-dealkylation sites (tertiary alicyclic amines) is 1. The van der Waals surface area contributed by atoms with Gasteiger partial charge >= 0.3 is 0 Å². The van der Waals surface area contributed by atoms with Crippen LogP contribution < -0.4 is 16.2 Å². The molecule has 2 saturated heterocycles. The van der Waals surface area contributed by atoms with E-state index in [-0.39, 0.29) is 11.4 Å². The van der Waals surface area contributed by atoms with Crippen LogP contribution in [0.2, 0.25) is 0 Å². The zero-order valence-corrected chi connectivity index (χ0v) is 13.7. The summed E-state index contributed by atoms with van der Waals surface area (Å²) >= 11 is 0. The summed E-state index contributed by atoms with van der Waals surface area (Å²) in [6, 6.07) is 0.357. The molecule has 3 aliphatic rings. The summed E-state index contributed by atoms with van der Waals surface area (Å²) in [6.45, 7) is 5.01. The minimum absolute atomic E-state index is 0.0872. The molecule has 0 amide bonds. The quantitative estimate of drug-likeness (QED) is 0.651. The molecular formula is C16H25FN6. The van der Waals surface area contributed by atoms with Gasteiger partial charge < -0.3 is 10.3 Å². The Labute approximate surface area is 136 Å². The summed E-state index contributed by atoms with van der Waals surface area (Å²) in [5.41, 5.74) is 2.61. The van der Waals surface area contributed by atoms with E-state index in [2.05, 4.69) is 25.2 Å². The first kappa shape index (κ1) is 15.1. The molecule has 1 atom stereocenters. The van der Waals surface area contributed by atoms with E-state index < -0.39 is 5.82 Å². The standard InChI is InChI=1S/C16H25FN6/c1-11-19-14(21-18)13(17)15(20-11)23-10-4-5-12(23)16(6-7-16)22-8-2-3-9-22/h12H,2-10,18H2,1H3,(H,19,20,21)/t12-/m0/s1. The van der Waals surface area contributed by atoms with Gasteiger partial charge in [-0.1, -0.05) is 0 Å². The molecule has 3 N–H and O–H groups in total. The van der Waals surface area contributed by atoms with E-state index in [1.165, 1.54) is 38.8 Å². The van der Waals surface area contributed by atoms with Crippen molar-refractivity contribution >= 4 is 11.6 Å². The Morgan fingerprint density at radius 1 is 1.17 bits per heavy atom. The summed E-state index contributed by atoms with van der Waals surface area (Å²) in [5, 5.41) is 0. The van der Waals surface area contributed by atoms with E-state index >= 15 is 0 Å². The first-order valence-electron chi connectivity index (χ1n) is 8.68. The van der Waals surface area contributed by atoms with E-state index in [1.54, 1.807) is 6.92 Å². The molecule has 3 fully saturated rings. The van der Waals surface area contributed by atoms with Gasteiger partial charge in [0, 0.05) is 18.1 Å². The summed E-state index contributed by atoms with van der Waals surface area (Å²) in [7, 11) is 0. The van der Waals surface area contributed by atoms with Crippen LogP contribution in [-0.4, -0.2) is 46.1 Å². The van der Waals surface area contributed by atoms with Crippen molar-refractivity contribution in [3.8, 4) is 0 Å². The van der Waals surface area contributed by atoms with Crippen molar-refractivity contribution in [2.45, 2.75) is 57.0 Å². The van der Waals surface area contributed by atoms with Crippen molar-refractivity contribution in [1.29, 1.82) is 0 Å². The van der Waals surface area contributed by atoms with Gasteiger partial charge in [0.2, 0.25) is 5.82 Å². The summed E-state index contributed by atoms with van der Waals surface area (Å²) in [6.07, 6.45) is 7.23. The molecule has 3 heterocycles. The van der Waals surface area contributed by atoms with Crippen LogP contribution in [0.5, 0.6) is 0 Å². The second kappa shape index (κ2) is 5.56. The fourth-order valence-electron chi connectivity index (χ4n) is 4.56. The third kappa shape index (κ3) is 2.37. The number of nitrogens with one attached hydrogen (secondary N) is 1. The Morgan fingerprint density at radius 2 is 1.91 bits per heavy atom. The lowest BCUT2D eigenvalue weighted by molar-refractivity contribution is 0.187. The van der Waals surface area contributed by atoms with Gasteiger partial charge in [-0.15, -0.1) is 0 Å². The van der Waals surface area contributed by atoms with Gasteiger partial charge in [0.15, 0.2) is 11.6 Å². The van der Waals surface area contributed by atoms with Crippen LogP contribution in [0.3, 0.4) is 0 Å². The molecule has 0 radical (unpaired) electrons. The largest absolute Gasteiger partial charge is 0.349 e. The second-order valence-corrected chi connectivity index (χ2v) is 7.05. The molecular weight excluding hydrogens is 295 g/mol. The summed E-state index contributed by atoms with van der Waals surface area (Å²) in [4.78, 5) is 13.3. The number of nitrogens with zero attached hydrogens (tertiary/aromatic N) is 4. The fourth-order valence-corrected chi connectivity index (χ4v) is 4.56. The highest BCUT2D eigenvalue weighted by atomic mass is 19.1. The highest BCUT2D eigenvalue weighted by Crippen LogP contribution is 2.51. The van der Waals surface area contributed by atoms with Crippen molar-refractivity contribution in [2.75, 3.05) is 30.0 Å². The molecule has 0 unspecified atom stereocenters. The average molecular weight is 320 g/mol. The first-order chi connectivity index (χ1) is 11.2. The SMILES string of the molecule is Cc1nc(NN)c(F)c(N2CCC[C@H]2C2(N3CCCC3)CC2)n1. The number of hydrogen-bond acceptors (Lipinski definition) is 6. The molecule has 0 spiro atoms. The monoisotopic (exact) mass is 320 g/mol.